The zero-order valence-electron chi connectivity index (χ0n) is 9.95. The van der Waals surface area contributed by atoms with Crippen molar-refractivity contribution in [2.45, 2.75) is 25.4 Å². The van der Waals surface area contributed by atoms with E-state index in [1.807, 2.05) is 25.4 Å². The molecule has 0 spiro atoms. The minimum Gasteiger partial charge on any atom is -0.393 e. The number of nitrogens with zero attached hydrogens (tertiary/aromatic N) is 3. The lowest BCUT2D eigenvalue weighted by molar-refractivity contribution is 0.165. The van der Waals surface area contributed by atoms with E-state index in [-0.39, 0.29) is 6.10 Å². The molecule has 0 saturated heterocycles. The first-order valence-electron chi connectivity index (χ1n) is 5.78. The summed E-state index contributed by atoms with van der Waals surface area (Å²) in [4.78, 5) is 3.97. The van der Waals surface area contributed by atoms with Crippen LogP contribution in [0.2, 0.25) is 0 Å². The van der Waals surface area contributed by atoms with E-state index in [9.17, 15) is 5.11 Å². The van der Waals surface area contributed by atoms with Gasteiger partial charge in [-0.25, -0.2) is 0 Å². The van der Waals surface area contributed by atoms with Crippen LogP contribution < -0.4 is 0 Å². The molecule has 2 heterocycles. The average Bonchev–Trinajstić information content (AvgIpc) is 2.73. The van der Waals surface area contributed by atoms with Gasteiger partial charge in [-0.3, -0.25) is 9.67 Å². The molecule has 2 rings (SSSR count). The van der Waals surface area contributed by atoms with Gasteiger partial charge in [0.2, 0.25) is 0 Å². The molecule has 2 aromatic rings. The Labute approximate surface area is 101 Å². The second kappa shape index (κ2) is 5.59. The third-order valence-electron chi connectivity index (χ3n) is 2.75. The van der Waals surface area contributed by atoms with Gasteiger partial charge in [-0.05, 0) is 36.1 Å². The molecule has 4 nitrogen and oxygen atoms in total. The molecular formula is C13H17N3O. The third kappa shape index (κ3) is 3.67. The Morgan fingerprint density at radius 1 is 1.29 bits per heavy atom. The van der Waals surface area contributed by atoms with Gasteiger partial charge in [-0.15, -0.1) is 0 Å². The zero-order valence-corrected chi connectivity index (χ0v) is 9.95. The van der Waals surface area contributed by atoms with Gasteiger partial charge < -0.3 is 5.11 Å². The number of aromatic nitrogens is 3. The molecule has 0 saturated carbocycles. The van der Waals surface area contributed by atoms with Gasteiger partial charge in [-0.1, -0.05) is 0 Å². The van der Waals surface area contributed by atoms with Gasteiger partial charge >= 0.3 is 0 Å². The molecule has 4 heteroatoms. The molecule has 0 aliphatic carbocycles. The largest absolute Gasteiger partial charge is 0.393 e. The van der Waals surface area contributed by atoms with Crippen molar-refractivity contribution in [3.8, 4) is 0 Å². The van der Waals surface area contributed by atoms with Crippen molar-refractivity contribution in [2.75, 3.05) is 0 Å². The van der Waals surface area contributed by atoms with Gasteiger partial charge in [-0.2, -0.15) is 5.10 Å². The quantitative estimate of drug-likeness (QED) is 0.845. The first kappa shape index (κ1) is 11.8. The van der Waals surface area contributed by atoms with Crippen LogP contribution in [0.4, 0.5) is 0 Å². The maximum atomic E-state index is 9.92. The van der Waals surface area contributed by atoms with Gasteiger partial charge in [0, 0.05) is 32.1 Å². The molecule has 0 aliphatic heterocycles. The van der Waals surface area contributed by atoms with Crippen molar-refractivity contribution in [1.29, 1.82) is 0 Å². The van der Waals surface area contributed by atoms with Crippen LogP contribution in [-0.2, 0) is 19.9 Å². The molecule has 0 fully saturated rings. The Bertz CT molecular complexity index is 453. The van der Waals surface area contributed by atoms with Gasteiger partial charge in [0.25, 0.3) is 0 Å². The standard InChI is InChI=1S/C13H17N3O/c1-16-10-12(9-15-16)8-13(17)3-2-11-4-6-14-7-5-11/h4-7,9-10,13,17H,2-3,8H2,1H3. The van der Waals surface area contributed by atoms with Crippen molar-refractivity contribution >= 4 is 0 Å². The zero-order chi connectivity index (χ0) is 12.1. The van der Waals surface area contributed by atoms with Crippen LogP contribution in [0.1, 0.15) is 17.5 Å². The van der Waals surface area contributed by atoms with Crippen LogP contribution >= 0.6 is 0 Å². The summed E-state index contributed by atoms with van der Waals surface area (Å²) in [5.41, 5.74) is 2.29. The lowest BCUT2D eigenvalue weighted by atomic mass is 10.0. The van der Waals surface area contributed by atoms with E-state index in [2.05, 4.69) is 10.1 Å². The third-order valence-corrected chi connectivity index (χ3v) is 2.75. The number of rotatable bonds is 5. The van der Waals surface area contributed by atoms with E-state index in [1.165, 1.54) is 5.56 Å². The minimum absolute atomic E-state index is 0.313. The highest BCUT2D eigenvalue weighted by Crippen LogP contribution is 2.08. The van der Waals surface area contributed by atoms with Crippen LogP contribution in [0.3, 0.4) is 0 Å². The molecule has 17 heavy (non-hydrogen) atoms. The molecule has 0 aromatic carbocycles. The van der Waals surface area contributed by atoms with Gasteiger partial charge in [0.15, 0.2) is 0 Å². The van der Waals surface area contributed by atoms with E-state index in [0.29, 0.717) is 6.42 Å². The SMILES string of the molecule is Cn1cc(CC(O)CCc2ccncc2)cn1. The molecule has 0 amide bonds. The summed E-state index contributed by atoms with van der Waals surface area (Å²) in [6.07, 6.45) is 9.30. The summed E-state index contributed by atoms with van der Waals surface area (Å²) in [7, 11) is 1.88. The fourth-order valence-corrected chi connectivity index (χ4v) is 1.83. The fourth-order valence-electron chi connectivity index (χ4n) is 1.83. The van der Waals surface area contributed by atoms with Gasteiger partial charge in [0.05, 0.1) is 12.3 Å². The number of pyridine rings is 1. The maximum absolute atomic E-state index is 9.92. The Balaban J connectivity index is 1.80. The molecule has 90 valence electrons. The van der Waals surface area contributed by atoms with Crippen LogP contribution in [-0.4, -0.2) is 26.0 Å². The number of aryl methyl sites for hydroxylation is 2. The van der Waals surface area contributed by atoms with Crippen molar-refractivity contribution in [3.63, 3.8) is 0 Å². The summed E-state index contributed by atoms with van der Waals surface area (Å²) in [6, 6.07) is 3.97. The molecule has 1 atom stereocenters. The van der Waals surface area contributed by atoms with E-state index >= 15 is 0 Å². The van der Waals surface area contributed by atoms with E-state index in [4.69, 9.17) is 0 Å². The van der Waals surface area contributed by atoms with Crippen molar-refractivity contribution < 1.29 is 5.11 Å². The first-order valence-corrected chi connectivity index (χ1v) is 5.78. The molecule has 0 bridgehead atoms. The predicted molar refractivity (Wildman–Crippen MR) is 65.5 cm³/mol. The Morgan fingerprint density at radius 3 is 2.71 bits per heavy atom. The number of hydrogen-bond donors (Lipinski definition) is 1. The lowest BCUT2D eigenvalue weighted by Crippen LogP contribution is -2.11. The normalized spacial score (nSPS) is 12.6. The smallest absolute Gasteiger partial charge is 0.0584 e. The minimum atomic E-state index is -0.313. The van der Waals surface area contributed by atoms with Crippen LogP contribution in [0.25, 0.3) is 0 Å². The van der Waals surface area contributed by atoms with E-state index in [1.54, 1.807) is 23.3 Å². The van der Waals surface area contributed by atoms with Crippen LogP contribution in [0, 0.1) is 0 Å². The number of hydrogen-bond acceptors (Lipinski definition) is 3. The lowest BCUT2D eigenvalue weighted by Gasteiger charge is -2.08. The summed E-state index contributed by atoms with van der Waals surface area (Å²) >= 11 is 0. The second-order valence-corrected chi connectivity index (χ2v) is 4.27. The molecule has 1 unspecified atom stereocenters. The summed E-state index contributed by atoms with van der Waals surface area (Å²) < 4.78 is 1.75. The van der Waals surface area contributed by atoms with Gasteiger partial charge in [0.1, 0.15) is 0 Å². The summed E-state index contributed by atoms with van der Waals surface area (Å²) in [5, 5.41) is 14.0. The molecule has 1 N–H and O–H groups in total. The predicted octanol–water partition coefficient (Wildman–Crippen LogP) is 1.35. The van der Waals surface area contributed by atoms with Crippen LogP contribution in [0.15, 0.2) is 36.9 Å². The number of aliphatic hydroxyl groups excluding tert-OH is 1. The second-order valence-electron chi connectivity index (χ2n) is 4.27. The van der Waals surface area contributed by atoms with Crippen molar-refractivity contribution in [1.82, 2.24) is 14.8 Å². The molecule has 2 aromatic heterocycles. The Hall–Kier alpha value is -1.68. The highest BCUT2D eigenvalue weighted by molar-refractivity contribution is 5.10. The number of aliphatic hydroxyl groups is 1. The molecule has 0 aliphatic rings. The highest BCUT2D eigenvalue weighted by Gasteiger charge is 2.07. The molecular weight excluding hydrogens is 214 g/mol. The Morgan fingerprint density at radius 2 is 2.06 bits per heavy atom. The van der Waals surface area contributed by atoms with Crippen molar-refractivity contribution in [3.05, 3.63) is 48.0 Å². The maximum Gasteiger partial charge on any atom is 0.0584 e. The topological polar surface area (TPSA) is 50.9 Å². The summed E-state index contributed by atoms with van der Waals surface area (Å²) in [6.45, 7) is 0. The van der Waals surface area contributed by atoms with Crippen molar-refractivity contribution in [2.24, 2.45) is 7.05 Å². The first-order chi connectivity index (χ1) is 8.24. The monoisotopic (exact) mass is 231 g/mol. The van der Waals surface area contributed by atoms with Crippen LogP contribution in [0.5, 0.6) is 0 Å². The molecule has 0 radical (unpaired) electrons. The van der Waals surface area contributed by atoms with E-state index in [0.717, 1.165) is 18.4 Å². The highest BCUT2D eigenvalue weighted by atomic mass is 16.3. The average molecular weight is 231 g/mol. The summed E-state index contributed by atoms with van der Waals surface area (Å²) in [5.74, 6) is 0. The van der Waals surface area contributed by atoms with E-state index < -0.39 is 0 Å². The Kier molecular flexibility index (Phi) is 3.88. The fraction of sp³-hybridized carbons (Fsp3) is 0.385.